The lowest BCUT2D eigenvalue weighted by molar-refractivity contribution is -0.172. The lowest BCUT2D eigenvalue weighted by Gasteiger charge is -2.62. The average molecular weight is 326 g/mol. The summed E-state index contributed by atoms with van der Waals surface area (Å²) < 4.78 is 0.339. The van der Waals surface area contributed by atoms with Gasteiger partial charge in [0.15, 0.2) is 0 Å². The molecule has 2 N–H and O–H groups in total. The zero-order valence-electron chi connectivity index (χ0n) is 15.1. The fourth-order valence-corrected chi connectivity index (χ4v) is 6.69. The number of aliphatic hydroxyl groups is 1. The van der Waals surface area contributed by atoms with E-state index >= 15 is 0 Å². The highest BCUT2D eigenvalue weighted by Gasteiger charge is 2.58. The maximum atomic E-state index is 10.9. The van der Waals surface area contributed by atoms with Crippen molar-refractivity contribution in [1.29, 1.82) is 0 Å². The molecule has 0 aromatic carbocycles. The Labute approximate surface area is 141 Å². The fourth-order valence-electron chi connectivity index (χ4n) is 6.27. The first-order chi connectivity index (χ1) is 10.2. The number of hydrogen-bond donors (Lipinski definition) is 2. The van der Waals surface area contributed by atoms with Gasteiger partial charge in [0.25, 0.3) is 0 Å². The molecule has 4 fully saturated rings. The lowest BCUT2D eigenvalue weighted by Crippen LogP contribution is -2.62. The van der Waals surface area contributed by atoms with E-state index in [1.54, 1.807) is 0 Å². The SMILES string of the molecule is CSC(C)(C)C[C@@H](C)N[C@H](C)C12C[C@@H]3C[C@H](CC(O)(C3)C1)C2. The van der Waals surface area contributed by atoms with Gasteiger partial charge in [0.05, 0.1) is 5.60 Å². The smallest absolute Gasteiger partial charge is 0.0659 e. The summed E-state index contributed by atoms with van der Waals surface area (Å²) in [6.45, 7) is 9.41. The Balaban J connectivity index is 1.66. The van der Waals surface area contributed by atoms with Crippen LogP contribution in [0.2, 0.25) is 0 Å². The zero-order chi connectivity index (χ0) is 16.2. The molecule has 22 heavy (non-hydrogen) atoms. The highest BCUT2D eigenvalue weighted by Crippen LogP contribution is 2.62. The number of thioether (sulfide) groups is 1. The molecule has 0 saturated heterocycles. The summed E-state index contributed by atoms with van der Waals surface area (Å²) >= 11 is 1.96. The minimum Gasteiger partial charge on any atom is -0.390 e. The van der Waals surface area contributed by atoms with Gasteiger partial charge in [-0.25, -0.2) is 0 Å². The molecule has 0 aromatic heterocycles. The molecule has 4 aliphatic rings. The molecule has 3 heteroatoms. The number of hydrogen-bond acceptors (Lipinski definition) is 3. The van der Waals surface area contributed by atoms with Crippen molar-refractivity contribution < 1.29 is 5.11 Å². The summed E-state index contributed by atoms with van der Waals surface area (Å²) in [6.07, 6.45) is 10.7. The molecule has 4 atom stereocenters. The molecule has 4 saturated carbocycles. The van der Waals surface area contributed by atoms with Crippen LogP contribution < -0.4 is 5.32 Å². The first-order valence-corrected chi connectivity index (χ1v) is 10.4. The van der Waals surface area contributed by atoms with Crippen molar-refractivity contribution >= 4 is 11.8 Å². The molecule has 4 bridgehead atoms. The lowest BCUT2D eigenvalue weighted by atomic mass is 9.46. The first-order valence-electron chi connectivity index (χ1n) is 9.19. The Morgan fingerprint density at radius 2 is 1.77 bits per heavy atom. The van der Waals surface area contributed by atoms with Gasteiger partial charge in [-0.1, -0.05) is 13.8 Å². The van der Waals surface area contributed by atoms with E-state index in [-0.39, 0.29) is 5.60 Å². The predicted octanol–water partition coefficient (Wildman–Crippen LogP) is 4.22. The summed E-state index contributed by atoms with van der Waals surface area (Å²) in [5.74, 6) is 1.57. The molecule has 0 radical (unpaired) electrons. The third-order valence-electron chi connectivity index (χ3n) is 6.88. The second kappa shape index (κ2) is 5.67. The van der Waals surface area contributed by atoms with Crippen LogP contribution in [0.3, 0.4) is 0 Å². The Bertz CT molecular complexity index is 408. The minimum atomic E-state index is -0.332. The van der Waals surface area contributed by atoms with Crippen molar-refractivity contribution in [2.45, 2.75) is 95.1 Å². The normalized spacial score (nSPS) is 43.4. The molecule has 0 unspecified atom stereocenters. The van der Waals surface area contributed by atoms with Crippen LogP contribution in [0.4, 0.5) is 0 Å². The average Bonchev–Trinajstić information content (AvgIpc) is 2.34. The van der Waals surface area contributed by atoms with Crippen molar-refractivity contribution in [3.63, 3.8) is 0 Å². The van der Waals surface area contributed by atoms with Crippen LogP contribution in [0.15, 0.2) is 0 Å². The third kappa shape index (κ3) is 3.23. The van der Waals surface area contributed by atoms with E-state index < -0.39 is 0 Å². The van der Waals surface area contributed by atoms with Gasteiger partial charge in [-0.2, -0.15) is 11.8 Å². The van der Waals surface area contributed by atoms with Gasteiger partial charge in [0, 0.05) is 16.8 Å². The van der Waals surface area contributed by atoms with Crippen molar-refractivity contribution in [3.8, 4) is 0 Å². The zero-order valence-corrected chi connectivity index (χ0v) is 15.9. The van der Waals surface area contributed by atoms with Gasteiger partial charge >= 0.3 is 0 Å². The summed E-state index contributed by atoms with van der Waals surface area (Å²) in [5, 5.41) is 14.9. The van der Waals surface area contributed by atoms with E-state index in [1.807, 2.05) is 11.8 Å². The Morgan fingerprint density at radius 3 is 2.27 bits per heavy atom. The van der Waals surface area contributed by atoms with Crippen LogP contribution >= 0.6 is 11.8 Å². The van der Waals surface area contributed by atoms with Crippen molar-refractivity contribution in [2.75, 3.05) is 6.26 Å². The quantitative estimate of drug-likeness (QED) is 0.767. The summed E-state index contributed by atoms with van der Waals surface area (Å²) in [4.78, 5) is 0. The largest absolute Gasteiger partial charge is 0.390 e. The van der Waals surface area contributed by atoms with E-state index in [1.165, 1.54) is 25.7 Å². The van der Waals surface area contributed by atoms with Crippen LogP contribution in [0, 0.1) is 17.3 Å². The summed E-state index contributed by atoms with van der Waals surface area (Å²) in [5.41, 5.74) is 0.0262. The van der Waals surface area contributed by atoms with E-state index in [0.717, 1.165) is 31.1 Å². The van der Waals surface area contributed by atoms with Crippen LogP contribution in [0.25, 0.3) is 0 Å². The maximum Gasteiger partial charge on any atom is 0.0659 e. The first kappa shape index (κ1) is 17.1. The van der Waals surface area contributed by atoms with Gasteiger partial charge in [0.2, 0.25) is 0 Å². The second-order valence-corrected chi connectivity index (χ2v) is 11.0. The fraction of sp³-hybridized carbons (Fsp3) is 1.00. The Hall–Kier alpha value is 0.270. The van der Waals surface area contributed by atoms with Crippen LogP contribution in [0.5, 0.6) is 0 Å². The van der Waals surface area contributed by atoms with Crippen LogP contribution in [0.1, 0.15) is 72.6 Å². The molecule has 128 valence electrons. The van der Waals surface area contributed by atoms with Gasteiger partial charge in [-0.05, 0) is 82.3 Å². The maximum absolute atomic E-state index is 10.9. The highest BCUT2D eigenvalue weighted by molar-refractivity contribution is 7.99. The highest BCUT2D eigenvalue weighted by atomic mass is 32.2. The molecule has 4 rings (SSSR count). The Kier molecular flexibility index (Phi) is 4.41. The van der Waals surface area contributed by atoms with E-state index in [9.17, 15) is 5.11 Å². The molecule has 0 spiro atoms. The molecule has 4 aliphatic carbocycles. The van der Waals surface area contributed by atoms with Crippen LogP contribution in [-0.2, 0) is 0 Å². The minimum absolute atomic E-state index is 0.332. The monoisotopic (exact) mass is 325 g/mol. The number of rotatable bonds is 6. The molecule has 2 nitrogen and oxygen atoms in total. The van der Waals surface area contributed by atoms with Gasteiger partial charge in [-0.15, -0.1) is 0 Å². The summed E-state index contributed by atoms with van der Waals surface area (Å²) in [7, 11) is 0. The van der Waals surface area contributed by atoms with Gasteiger partial charge in [-0.3, -0.25) is 0 Å². The molecule has 0 aromatic rings. The second-order valence-electron chi connectivity index (χ2n) is 9.51. The topological polar surface area (TPSA) is 32.3 Å². The molecule has 0 amide bonds. The van der Waals surface area contributed by atoms with E-state index in [2.05, 4.69) is 39.3 Å². The van der Waals surface area contributed by atoms with E-state index in [0.29, 0.717) is 22.2 Å². The van der Waals surface area contributed by atoms with Crippen molar-refractivity contribution in [1.82, 2.24) is 5.32 Å². The van der Waals surface area contributed by atoms with Gasteiger partial charge in [0.1, 0.15) is 0 Å². The van der Waals surface area contributed by atoms with Crippen molar-refractivity contribution in [2.24, 2.45) is 17.3 Å². The van der Waals surface area contributed by atoms with Crippen molar-refractivity contribution in [3.05, 3.63) is 0 Å². The Morgan fingerprint density at radius 1 is 1.18 bits per heavy atom. The van der Waals surface area contributed by atoms with Crippen LogP contribution in [-0.4, -0.2) is 33.8 Å². The standard InChI is InChI=1S/C19H35NOS/c1-13(7-17(3,4)22-5)20-14(2)18-8-15-6-16(9-18)11-19(21,10-15)12-18/h13-16,20-21H,6-12H2,1-5H3/t13-,14-,15+,16+,18?,19?/m1/s1. The third-order valence-corrected chi connectivity index (χ3v) is 8.15. The molecule has 0 heterocycles. The predicted molar refractivity (Wildman–Crippen MR) is 96.3 cm³/mol. The molecular weight excluding hydrogens is 290 g/mol. The van der Waals surface area contributed by atoms with Gasteiger partial charge < -0.3 is 10.4 Å². The molecule has 0 aliphatic heterocycles. The summed E-state index contributed by atoms with van der Waals surface area (Å²) in [6, 6.07) is 1.07. The molecular formula is C19H35NOS. The number of nitrogens with one attached hydrogen (secondary N) is 1. The van der Waals surface area contributed by atoms with E-state index in [4.69, 9.17) is 0 Å².